The van der Waals surface area contributed by atoms with Gasteiger partial charge >= 0.3 is 0 Å². The van der Waals surface area contributed by atoms with Gasteiger partial charge in [0.15, 0.2) is 0 Å². The monoisotopic (exact) mass is 419 g/mol. The number of ether oxygens (including phenoxy) is 1. The molecule has 0 radical (unpaired) electrons. The van der Waals surface area contributed by atoms with Gasteiger partial charge in [0.25, 0.3) is 5.91 Å². The van der Waals surface area contributed by atoms with Gasteiger partial charge in [0.2, 0.25) is 0 Å². The fraction of sp³-hybridized carbons (Fsp3) is 0.375. The van der Waals surface area contributed by atoms with Crippen LogP contribution in [-0.2, 0) is 0 Å². The first kappa shape index (κ1) is 21.1. The molecule has 162 valence electrons. The summed E-state index contributed by atoms with van der Waals surface area (Å²) in [4.78, 5) is 26.5. The molecule has 3 aromatic rings. The Hall–Kier alpha value is -3.19. The maximum Gasteiger partial charge on any atom is 0.254 e. The van der Waals surface area contributed by atoms with Crippen molar-refractivity contribution in [3.63, 3.8) is 0 Å². The van der Waals surface area contributed by atoms with Crippen LogP contribution in [0.25, 0.3) is 5.82 Å². The molecule has 1 aliphatic rings. The van der Waals surface area contributed by atoms with Gasteiger partial charge in [-0.05, 0) is 64.2 Å². The quantitative estimate of drug-likeness (QED) is 0.587. The molecule has 31 heavy (non-hydrogen) atoms. The highest BCUT2D eigenvalue weighted by molar-refractivity contribution is 5.95. The Bertz CT molecular complexity index is 1050. The summed E-state index contributed by atoms with van der Waals surface area (Å²) in [6.07, 6.45) is 5.54. The van der Waals surface area contributed by atoms with Crippen LogP contribution < -0.4 is 4.74 Å². The van der Waals surface area contributed by atoms with Gasteiger partial charge in [0.05, 0.1) is 11.7 Å². The minimum Gasteiger partial charge on any atom is -0.492 e. The second-order valence-electron chi connectivity index (χ2n) is 8.10. The third-order valence-corrected chi connectivity index (χ3v) is 5.57. The van der Waals surface area contributed by atoms with Crippen molar-refractivity contribution in [3.8, 4) is 11.6 Å². The van der Waals surface area contributed by atoms with E-state index in [1.165, 1.54) is 0 Å². The zero-order chi connectivity index (χ0) is 21.8. The predicted molar refractivity (Wildman–Crippen MR) is 120 cm³/mol. The highest BCUT2D eigenvalue weighted by Gasteiger charge is 2.32. The SMILES string of the molecule is Cc1nccn1-c1cccc([C@H]2CCCN2C(=O)c2cccc(OCCN(C)C)c2)n1. The average molecular weight is 420 g/mol. The van der Waals surface area contributed by atoms with Crippen LogP contribution in [0.3, 0.4) is 0 Å². The Balaban J connectivity index is 1.53. The van der Waals surface area contributed by atoms with E-state index in [-0.39, 0.29) is 11.9 Å². The lowest BCUT2D eigenvalue weighted by atomic mass is 10.1. The number of amides is 1. The number of pyridine rings is 1. The third kappa shape index (κ3) is 4.77. The molecule has 1 aromatic carbocycles. The van der Waals surface area contributed by atoms with Crippen molar-refractivity contribution >= 4 is 5.91 Å². The summed E-state index contributed by atoms with van der Waals surface area (Å²) < 4.78 is 7.77. The summed E-state index contributed by atoms with van der Waals surface area (Å²) in [6.45, 7) is 4.09. The zero-order valence-electron chi connectivity index (χ0n) is 18.4. The molecular weight excluding hydrogens is 390 g/mol. The van der Waals surface area contributed by atoms with Gasteiger partial charge in [-0.2, -0.15) is 0 Å². The number of aryl methyl sites for hydroxylation is 1. The Kier molecular flexibility index (Phi) is 6.32. The molecule has 1 fully saturated rings. The molecule has 7 nitrogen and oxygen atoms in total. The number of rotatable bonds is 7. The second-order valence-corrected chi connectivity index (χ2v) is 8.10. The van der Waals surface area contributed by atoms with Crippen molar-refractivity contribution in [2.75, 3.05) is 33.8 Å². The zero-order valence-corrected chi connectivity index (χ0v) is 18.4. The third-order valence-electron chi connectivity index (χ3n) is 5.57. The molecular formula is C24H29N5O2. The molecule has 0 N–H and O–H groups in total. The van der Waals surface area contributed by atoms with E-state index in [1.807, 2.05) is 79.1 Å². The lowest BCUT2D eigenvalue weighted by molar-refractivity contribution is 0.0732. The first-order chi connectivity index (χ1) is 15.0. The summed E-state index contributed by atoms with van der Waals surface area (Å²) in [5, 5.41) is 0. The number of aromatic nitrogens is 3. The Morgan fingerprint density at radius 2 is 2.06 bits per heavy atom. The van der Waals surface area contributed by atoms with Crippen LogP contribution in [0.15, 0.2) is 54.9 Å². The normalized spacial score (nSPS) is 16.1. The average Bonchev–Trinajstić information content (AvgIpc) is 3.42. The van der Waals surface area contributed by atoms with E-state index in [0.29, 0.717) is 12.2 Å². The summed E-state index contributed by atoms with van der Waals surface area (Å²) in [5.41, 5.74) is 1.56. The summed E-state index contributed by atoms with van der Waals surface area (Å²) in [5.74, 6) is 2.45. The smallest absolute Gasteiger partial charge is 0.254 e. The predicted octanol–water partition coefficient (Wildman–Crippen LogP) is 3.49. The van der Waals surface area contributed by atoms with Crippen LogP contribution >= 0.6 is 0 Å². The minimum absolute atomic E-state index is 0.0200. The number of likely N-dealkylation sites (tertiary alicyclic amines) is 1. The van der Waals surface area contributed by atoms with Crippen molar-refractivity contribution in [1.82, 2.24) is 24.3 Å². The highest BCUT2D eigenvalue weighted by atomic mass is 16.5. The molecule has 0 unspecified atom stereocenters. The Morgan fingerprint density at radius 3 is 2.84 bits per heavy atom. The molecule has 7 heteroatoms. The summed E-state index contributed by atoms with van der Waals surface area (Å²) in [7, 11) is 4.02. The van der Waals surface area contributed by atoms with Gasteiger partial charge in [-0.25, -0.2) is 9.97 Å². The van der Waals surface area contributed by atoms with Gasteiger partial charge in [-0.3, -0.25) is 9.36 Å². The van der Waals surface area contributed by atoms with Crippen LogP contribution in [0.4, 0.5) is 0 Å². The van der Waals surface area contributed by atoms with Crippen LogP contribution in [0.1, 0.15) is 40.8 Å². The molecule has 3 heterocycles. The number of hydrogen-bond acceptors (Lipinski definition) is 5. The second kappa shape index (κ2) is 9.31. The first-order valence-electron chi connectivity index (χ1n) is 10.7. The van der Waals surface area contributed by atoms with Gasteiger partial charge < -0.3 is 14.5 Å². The van der Waals surface area contributed by atoms with E-state index < -0.39 is 0 Å². The minimum atomic E-state index is -0.0328. The number of carbonyl (C=O) groups is 1. The van der Waals surface area contributed by atoms with Gasteiger partial charge in [0.1, 0.15) is 24.0 Å². The summed E-state index contributed by atoms with van der Waals surface area (Å²) >= 11 is 0. The van der Waals surface area contributed by atoms with Crippen molar-refractivity contribution in [2.24, 2.45) is 0 Å². The molecule has 1 atom stereocenters. The van der Waals surface area contributed by atoms with Gasteiger partial charge in [-0.15, -0.1) is 0 Å². The number of benzene rings is 1. The van der Waals surface area contributed by atoms with E-state index in [0.717, 1.165) is 49.0 Å². The molecule has 4 rings (SSSR count). The van der Waals surface area contributed by atoms with E-state index in [9.17, 15) is 4.79 Å². The molecule has 1 saturated heterocycles. The van der Waals surface area contributed by atoms with Crippen LogP contribution in [0.2, 0.25) is 0 Å². The fourth-order valence-electron chi connectivity index (χ4n) is 3.93. The Labute approximate surface area is 183 Å². The van der Waals surface area contributed by atoms with Gasteiger partial charge in [0, 0.05) is 31.0 Å². The molecule has 0 saturated carbocycles. The van der Waals surface area contributed by atoms with Crippen molar-refractivity contribution in [1.29, 1.82) is 0 Å². The number of carbonyl (C=O) groups excluding carboxylic acids is 1. The van der Waals surface area contributed by atoms with E-state index in [2.05, 4.69) is 9.88 Å². The van der Waals surface area contributed by atoms with Crippen LogP contribution in [0, 0.1) is 6.92 Å². The number of nitrogens with zero attached hydrogens (tertiary/aromatic N) is 5. The molecule has 0 spiro atoms. The van der Waals surface area contributed by atoms with Crippen LogP contribution in [-0.4, -0.2) is 64.0 Å². The Morgan fingerprint density at radius 1 is 1.23 bits per heavy atom. The lowest BCUT2D eigenvalue weighted by Crippen LogP contribution is -2.31. The van der Waals surface area contributed by atoms with Crippen molar-refractivity contribution in [2.45, 2.75) is 25.8 Å². The van der Waals surface area contributed by atoms with E-state index in [1.54, 1.807) is 6.20 Å². The number of likely N-dealkylation sites (N-methyl/N-ethyl adjacent to an activating group) is 1. The molecule has 1 aliphatic heterocycles. The largest absolute Gasteiger partial charge is 0.492 e. The number of hydrogen-bond donors (Lipinski definition) is 0. The van der Waals surface area contributed by atoms with Crippen molar-refractivity contribution in [3.05, 3.63) is 71.9 Å². The highest BCUT2D eigenvalue weighted by Crippen LogP contribution is 2.33. The molecule has 0 aliphatic carbocycles. The van der Waals surface area contributed by atoms with E-state index >= 15 is 0 Å². The van der Waals surface area contributed by atoms with Crippen LogP contribution in [0.5, 0.6) is 5.75 Å². The lowest BCUT2D eigenvalue weighted by Gasteiger charge is -2.25. The topological polar surface area (TPSA) is 63.5 Å². The molecule has 0 bridgehead atoms. The maximum absolute atomic E-state index is 13.4. The first-order valence-corrected chi connectivity index (χ1v) is 10.7. The van der Waals surface area contributed by atoms with Gasteiger partial charge in [-0.1, -0.05) is 12.1 Å². The maximum atomic E-state index is 13.4. The molecule has 2 aromatic heterocycles. The van der Waals surface area contributed by atoms with E-state index in [4.69, 9.17) is 9.72 Å². The summed E-state index contributed by atoms with van der Waals surface area (Å²) in [6, 6.07) is 13.4. The standard InChI is InChI=1S/C24H29N5O2/c1-18-25-12-14-28(18)23-11-5-9-21(26-23)22-10-6-13-29(22)24(30)19-7-4-8-20(17-19)31-16-15-27(2)3/h4-5,7-9,11-12,14,17,22H,6,10,13,15-16H2,1-3H3/t22-/m1/s1. The fourth-order valence-corrected chi connectivity index (χ4v) is 3.93. The number of imidazole rings is 1. The van der Waals surface area contributed by atoms with Crippen molar-refractivity contribution < 1.29 is 9.53 Å². The molecule has 1 amide bonds.